The summed E-state index contributed by atoms with van der Waals surface area (Å²) in [6.07, 6.45) is 3.93. The number of hydrazine groups is 1. The molecule has 0 aromatic rings. The van der Waals surface area contributed by atoms with Gasteiger partial charge in [0.1, 0.15) is 9.84 Å². The maximum absolute atomic E-state index is 10.9. The quantitative estimate of drug-likeness (QED) is 0.361. The molecule has 0 fully saturated rings. The van der Waals surface area contributed by atoms with Crippen LogP contribution in [-0.2, 0) is 9.84 Å². The number of rotatable bonds is 9. The fraction of sp³-hybridized carbons (Fsp3) is 1.00. The van der Waals surface area contributed by atoms with E-state index in [1.165, 1.54) is 6.26 Å². The molecule has 0 heterocycles. The van der Waals surface area contributed by atoms with E-state index in [0.29, 0.717) is 6.42 Å². The summed E-state index contributed by atoms with van der Waals surface area (Å²) < 4.78 is 21.8. The molecule has 0 bridgehead atoms. The van der Waals surface area contributed by atoms with E-state index in [4.69, 9.17) is 5.84 Å². The number of thioether (sulfide) groups is 1. The number of nitrogens with one attached hydrogen (secondary N) is 1. The van der Waals surface area contributed by atoms with E-state index in [9.17, 15) is 8.42 Å². The van der Waals surface area contributed by atoms with Crippen LogP contribution < -0.4 is 11.3 Å². The topological polar surface area (TPSA) is 72.2 Å². The Balaban J connectivity index is 3.61. The highest BCUT2D eigenvalue weighted by molar-refractivity contribution is 7.99. The summed E-state index contributed by atoms with van der Waals surface area (Å²) in [4.78, 5) is 0. The van der Waals surface area contributed by atoms with E-state index in [1.54, 1.807) is 0 Å². The molecule has 0 aliphatic heterocycles. The van der Waals surface area contributed by atoms with E-state index in [-0.39, 0.29) is 11.8 Å². The van der Waals surface area contributed by atoms with Crippen LogP contribution in [0.15, 0.2) is 0 Å². The van der Waals surface area contributed by atoms with Gasteiger partial charge in [-0.1, -0.05) is 6.92 Å². The van der Waals surface area contributed by atoms with Crippen LogP contribution in [0.25, 0.3) is 0 Å². The summed E-state index contributed by atoms with van der Waals surface area (Å²) in [5.41, 5.74) is 2.73. The van der Waals surface area contributed by atoms with Crippen LogP contribution in [0, 0.1) is 0 Å². The summed E-state index contributed by atoms with van der Waals surface area (Å²) in [5, 5.41) is 0. The van der Waals surface area contributed by atoms with Crippen molar-refractivity contribution in [3.8, 4) is 0 Å². The van der Waals surface area contributed by atoms with Crippen molar-refractivity contribution < 1.29 is 8.42 Å². The Bertz CT molecular complexity index is 242. The van der Waals surface area contributed by atoms with Crippen molar-refractivity contribution in [3.63, 3.8) is 0 Å². The van der Waals surface area contributed by atoms with Crippen LogP contribution in [-0.4, -0.2) is 38.0 Å². The minimum absolute atomic E-state index is 0.225. The standard InChI is InChI=1S/C9H22N2O2S2/c1-3-6-14-8-9(11-10)5-4-7-15(2,12)13/h9,11H,3-8,10H2,1-2H3. The largest absolute Gasteiger partial charge is 0.271 e. The number of sulfone groups is 1. The molecule has 6 heteroatoms. The Morgan fingerprint density at radius 1 is 1.47 bits per heavy atom. The van der Waals surface area contributed by atoms with Crippen molar-refractivity contribution >= 4 is 21.6 Å². The summed E-state index contributed by atoms with van der Waals surface area (Å²) in [6.45, 7) is 2.14. The fourth-order valence-corrected chi connectivity index (χ4v) is 2.87. The second-order valence-corrected chi connectivity index (χ2v) is 7.12. The third-order valence-electron chi connectivity index (χ3n) is 1.97. The van der Waals surface area contributed by atoms with Crippen LogP contribution in [0.5, 0.6) is 0 Å². The highest BCUT2D eigenvalue weighted by Crippen LogP contribution is 2.08. The van der Waals surface area contributed by atoms with Crippen LogP contribution >= 0.6 is 11.8 Å². The van der Waals surface area contributed by atoms with E-state index in [1.807, 2.05) is 11.8 Å². The molecule has 0 amide bonds. The van der Waals surface area contributed by atoms with Gasteiger partial charge in [-0.15, -0.1) is 0 Å². The average molecular weight is 254 g/mol. The third-order valence-corrected chi connectivity index (χ3v) is 4.34. The predicted molar refractivity (Wildman–Crippen MR) is 67.7 cm³/mol. The van der Waals surface area contributed by atoms with Crippen molar-refractivity contribution in [3.05, 3.63) is 0 Å². The first-order valence-electron chi connectivity index (χ1n) is 5.21. The molecule has 1 unspecified atom stereocenters. The van der Waals surface area contributed by atoms with Crippen molar-refractivity contribution in [1.82, 2.24) is 5.43 Å². The van der Waals surface area contributed by atoms with Gasteiger partial charge in [0.25, 0.3) is 0 Å². The lowest BCUT2D eigenvalue weighted by atomic mass is 10.2. The molecular weight excluding hydrogens is 232 g/mol. The highest BCUT2D eigenvalue weighted by atomic mass is 32.2. The zero-order valence-electron chi connectivity index (χ0n) is 9.53. The Morgan fingerprint density at radius 3 is 2.60 bits per heavy atom. The van der Waals surface area contributed by atoms with Gasteiger partial charge in [0.15, 0.2) is 0 Å². The lowest BCUT2D eigenvalue weighted by Gasteiger charge is -2.14. The minimum Gasteiger partial charge on any atom is -0.271 e. The van der Waals surface area contributed by atoms with Crippen LogP contribution in [0.3, 0.4) is 0 Å². The van der Waals surface area contributed by atoms with Gasteiger partial charge >= 0.3 is 0 Å². The average Bonchev–Trinajstić information content (AvgIpc) is 2.14. The minimum atomic E-state index is -2.83. The maximum Gasteiger partial charge on any atom is 0.147 e. The molecule has 3 N–H and O–H groups in total. The summed E-state index contributed by atoms with van der Waals surface area (Å²) in [5.74, 6) is 7.73. The molecule has 92 valence electrons. The van der Waals surface area contributed by atoms with Gasteiger partial charge in [0.05, 0.1) is 0 Å². The molecule has 0 saturated heterocycles. The SMILES string of the molecule is CCCSCC(CCCS(C)(=O)=O)NN. The molecule has 15 heavy (non-hydrogen) atoms. The highest BCUT2D eigenvalue weighted by Gasteiger charge is 2.08. The third kappa shape index (κ3) is 10.5. The van der Waals surface area contributed by atoms with Crippen molar-refractivity contribution in [2.45, 2.75) is 32.2 Å². The van der Waals surface area contributed by atoms with Crippen LogP contribution in [0.4, 0.5) is 0 Å². The van der Waals surface area contributed by atoms with Crippen molar-refractivity contribution in [1.29, 1.82) is 0 Å². The second-order valence-electron chi connectivity index (χ2n) is 3.71. The van der Waals surface area contributed by atoms with Crippen molar-refractivity contribution in [2.75, 3.05) is 23.5 Å². The Morgan fingerprint density at radius 2 is 2.13 bits per heavy atom. The Labute approximate surface area is 97.3 Å². The number of hydrogen-bond donors (Lipinski definition) is 2. The lowest BCUT2D eigenvalue weighted by molar-refractivity contribution is 0.528. The molecule has 4 nitrogen and oxygen atoms in total. The zero-order chi connectivity index (χ0) is 11.7. The first-order valence-corrected chi connectivity index (χ1v) is 8.42. The van der Waals surface area contributed by atoms with Crippen LogP contribution in [0.1, 0.15) is 26.2 Å². The predicted octanol–water partition coefficient (Wildman–Crippen LogP) is 0.786. The number of nitrogens with two attached hydrogens (primary N) is 1. The van der Waals surface area contributed by atoms with Gasteiger partial charge in [0.2, 0.25) is 0 Å². The zero-order valence-corrected chi connectivity index (χ0v) is 11.2. The van der Waals surface area contributed by atoms with Gasteiger partial charge in [-0.2, -0.15) is 11.8 Å². The van der Waals surface area contributed by atoms with Gasteiger partial charge in [0, 0.05) is 23.8 Å². The van der Waals surface area contributed by atoms with Gasteiger partial charge < -0.3 is 0 Å². The smallest absolute Gasteiger partial charge is 0.147 e. The second kappa shape index (κ2) is 8.38. The molecule has 0 rings (SSSR count). The van der Waals surface area contributed by atoms with Crippen molar-refractivity contribution in [2.24, 2.45) is 5.84 Å². The molecule has 0 aliphatic rings. The first kappa shape index (κ1) is 15.2. The molecule has 0 aromatic heterocycles. The maximum atomic E-state index is 10.9. The fourth-order valence-electron chi connectivity index (χ4n) is 1.18. The van der Waals surface area contributed by atoms with E-state index < -0.39 is 9.84 Å². The Hall–Kier alpha value is 0.220. The van der Waals surface area contributed by atoms with E-state index >= 15 is 0 Å². The molecular formula is C9H22N2O2S2. The van der Waals surface area contributed by atoms with Gasteiger partial charge in [-0.25, -0.2) is 8.42 Å². The molecule has 0 aliphatic carbocycles. The van der Waals surface area contributed by atoms with E-state index in [0.717, 1.165) is 24.3 Å². The molecule has 1 atom stereocenters. The monoisotopic (exact) mass is 254 g/mol. The molecule has 0 aromatic carbocycles. The van der Waals surface area contributed by atoms with Gasteiger partial charge in [-0.05, 0) is 25.0 Å². The summed E-state index contributed by atoms with van der Waals surface area (Å²) in [6, 6.07) is 0.225. The Kier molecular flexibility index (Phi) is 8.50. The normalized spacial score (nSPS) is 14.1. The first-order chi connectivity index (χ1) is 6.99. The molecule has 0 spiro atoms. The molecule has 0 radical (unpaired) electrons. The summed E-state index contributed by atoms with van der Waals surface area (Å²) in [7, 11) is -2.83. The summed E-state index contributed by atoms with van der Waals surface area (Å²) >= 11 is 1.85. The van der Waals surface area contributed by atoms with E-state index in [2.05, 4.69) is 12.3 Å². The lowest BCUT2D eigenvalue weighted by Crippen LogP contribution is -2.37. The van der Waals surface area contributed by atoms with Crippen LogP contribution in [0.2, 0.25) is 0 Å². The molecule has 0 saturated carbocycles. The number of hydrogen-bond acceptors (Lipinski definition) is 5. The van der Waals surface area contributed by atoms with Gasteiger partial charge in [-0.3, -0.25) is 11.3 Å².